The number of hydrogen-bond acceptors (Lipinski definition) is 3. The monoisotopic (exact) mass is 270 g/mol. The number of carbonyl (C=O) groups is 1. The van der Waals surface area contributed by atoms with E-state index in [2.05, 4.69) is 5.32 Å². The third-order valence-electron chi connectivity index (χ3n) is 4.00. The van der Waals surface area contributed by atoms with Gasteiger partial charge in [0.1, 0.15) is 0 Å². The second kappa shape index (κ2) is 6.09. The lowest BCUT2D eigenvalue weighted by atomic mass is 10.00. The van der Waals surface area contributed by atoms with Crippen molar-refractivity contribution in [2.75, 3.05) is 13.6 Å². The Balaban J connectivity index is 1.75. The minimum absolute atomic E-state index is 0.0917. The molecule has 5 heteroatoms. The smallest absolute Gasteiger partial charge is 0.317 e. The van der Waals surface area contributed by atoms with Crippen LogP contribution in [0.4, 0.5) is 4.79 Å². The van der Waals surface area contributed by atoms with E-state index in [9.17, 15) is 9.90 Å². The molecule has 0 aromatic heterocycles. The molecule has 1 aliphatic heterocycles. The average molecular weight is 270 g/mol. The number of amides is 2. The van der Waals surface area contributed by atoms with Gasteiger partial charge >= 0.3 is 6.03 Å². The van der Waals surface area contributed by atoms with Crippen molar-refractivity contribution in [3.05, 3.63) is 0 Å². The Bertz CT molecular complexity index is 310. The van der Waals surface area contributed by atoms with Crippen LogP contribution in [0.1, 0.15) is 39.5 Å². The van der Waals surface area contributed by atoms with Crippen molar-refractivity contribution in [3.63, 3.8) is 0 Å². The largest absolute Gasteiger partial charge is 0.391 e. The highest BCUT2D eigenvalue weighted by molar-refractivity contribution is 5.74. The molecule has 1 aliphatic carbocycles. The summed E-state index contributed by atoms with van der Waals surface area (Å²) in [5, 5.41) is 12.9. The molecular weight excluding hydrogens is 244 g/mol. The Morgan fingerprint density at radius 3 is 2.47 bits per heavy atom. The van der Waals surface area contributed by atoms with Gasteiger partial charge < -0.3 is 20.1 Å². The highest BCUT2D eigenvalue weighted by atomic mass is 16.5. The maximum absolute atomic E-state index is 12.1. The third kappa shape index (κ3) is 4.35. The normalized spacial score (nSPS) is 32.7. The van der Waals surface area contributed by atoms with E-state index in [0.717, 1.165) is 25.7 Å². The minimum Gasteiger partial charge on any atom is -0.391 e. The molecule has 2 rings (SSSR count). The second-order valence-electron chi connectivity index (χ2n) is 6.16. The van der Waals surface area contributed by atoms with Crippen molar-refractivity contribution in [1.82, 2.24) is 10.2 Å². The number of carbonyl (C=O) groups excluding carboxylic acids is 1. The lowest BCUT2D eigenvalue weighted by molar-refractivity contribution is -0.0407. The standard InChI is InChI=1S/C14H26N2O3/c1-9-6-12(7-10(2)19-9)15-14(18)16(3)8-13(17)11-4-5-11/h9-13,17H,4-8H2,1-3H3,(H,15,18). The first-order valence-electron chi connectivity index (χ1n) is 7.31. The number of nitrogens with zero attached hydrogens (tertiary/aromatic N) is 1. The highest BCUT2D eigenvalue weighted by Crippen LogP contribution is 2.32. The van der Waals surface area contributed by atoms with E-state index >= 15 is 0 Å². The fourth-order valence-electron chi connectivity index (χ4n) is 2.80. The highest BCUT2D eigenvalue weighted by Gasteiger charge is 2.32. The van der Waals surface area contributed by atoms with Gasteiger partial charge in [0.15, 0.2) is 0 Å². The fraction of sp³-hybridized carbons (Fsp3) is 0.929. The van der Waals surface area contributed by atoms with Crippen molar-refractivity contribution in [3.8, 4) is 0 Å². The van der Waals surface area contributed by atoms with Crippen LogP contribution in [-0.2, 0) is 4.74 Å². The van der Waals surface area contributed by atoms with E-state index in [1.54, 1.807) is 11.9 Å². The Morgan fingerprint density at radius 1 is 1.37 bits per heavy atom. The molecule has 2 N–H and O–H groups in total. The molecular formula is C14H26N2O3. The number of rotatable bonds is 4. The molecule has 1 saturated carbocycles. The average Bonchev–Trinajstić information content (AvgIpc) is 3.10. The summed E-state index contributed by atoms with van der Waals surface area (Å²) >= 11 is 0. The zero-order valence-electron chi connectivity index (χ0n) is 12.1. The lowest BCUT2D eigenvalue weighted by Gasteiger charge is -2.33. The molecule has 3 unspecified atom stereocenters. The molecule has 0 bridgehead atoms. The minimum atomic E-state index is -0.372. The number of aliphatic hydroxyl groups is 1. The van der Waals surface area contributed by atoms with Crippen molar-refractivity contribution in [2.24, 2.45) is 5.92 Å². The Hall–Kier alpha value is -0.810. The van der Waals surface area contributed by atoms with Crippen LogP contribution in [0.5, 0.6) is 0 Å². The third-order valence-corrected chi connectivity index (χ3v) is 4.00. The molecule has 2 aliphatic rings. The number of hydrogen-bond donors (Lipinski definition) is 2. The van der Waals surface area contributed by atoms with E-state index in [1.807, 2.05) is 13.8 Å². The van der Waals surface area contributed by atoms with Crippen LogP contribution in [0, 0.1) is 5.92 Å². The van der Waals surface area contributed by atoms with Crippen LogP contribution < -0.4 is 5.32 Å². The van der Waals surface area contributed by atoms with Crippen molar-refractivity contribution < 1.29 is 14.6 Å². The second-order valence-corrected chi connectivity index (χ2v) is 6.16. The van der Waals surface area contributed by atoms with Gasteiger partial charge in [0, 0.05) is 19.6 Å². The number of urea groups is 1. The Kier molecular flexibility index (Phi) is 4.68. The molecule has 110 valence electrons. The number of aliphatic hydroxyl groups excluding tert-OH is 1. The van der Waals surface area contributed by atoms with E-state index in [4.69, 9.17) is 4.74 Å². The van der Waals surface area contributed by atoms with E-state index in [-0.39, 0.29) is 30.4 Å². The van der Waals surface area contributed by atoms with Crippen molar-refractivity contribution >= 4 is 6.03 Å². The molecule has 19 heavy (non-hydrogen) atoms. The van der Waals surface area contributed by atoms with Gasteiger partial charge in [0.2, 0.25) is 0 Å². The summed E-state index contributed by atoms with van der Waals surface area (Å²) < 4.78 is 5.66. The molecule has 0 radical (unpaired) electrons. The van der Waals surface area contributed by atoms with Gasteiger partial charge in [-0.2, -0.15) is 0 Å². The molecule has 5 nitrogen and oxygen atoms in total. The van der Waals surface area contributed by atoms with Gasteiger partial charge in [-0.05, 0) is 45.4 Å². The molecule has 0 aromatic rings. The Morgan fingerprint density at radius 2 is 1.95 bits per heavy atom. The summed E-state index contributed by atoms with van der Waals surface area (Å²) in [6, 6.07) is 0.0813. The van der Waals surface area contributed by atoms with Crippen LogP contribution in [0.2, 0.25) is 0 Å². The SMILES string of the molecule is CC1CC(NC(=O)N(C)CC(O)C2CC2)CC(C)O1. The summed E-state index contributed by atoms with van der Waals surface area (Å²) in [6.45, 7) is 4.50. The van der Waals surface area contributed by atoms with Crippen LogP contribution in [0.15, 0.2) is 0 Å². The molecule has 1 heterocycles. The molecule has 3 atom stereocenters. The molecule has 2 amide bonds. The van der Waals surface area contributed by atoms with Gasteiger partial charge in [-0.1, -0.05) is 0 Å². The summed E-state index contributed by atoms with van der Waals surface area (Å²) in [4.78, 5) is 13.7. The number of nitrogens with one attached hydrogen (secondary N) is 1. The van der Waals surface area contributed by atoms with Crippen LogP contribution in [-0.4, -0.2) is 54.0 Å². The predicted octanol–water partition coefficient (Wildman–Crippen LogP) is 1.35. The van der Waals surface area contributed by atoms with Crippen molar-refractivity contribution in [1.29, 1.82) is 0 Å². The molecule has 0 spiro atoms. The van der Waals surface area contributed by atoms with E-state index in [0.29, 0.717) is 12.5 Å². The summed E-state index contributed by atoms with van der Waals surface area (Å²) in [6.07, 6.45) is 3.90. The summed E-state index contributed by atoms with van der Waals surface area (Å²) in [5.41, 5.74) is 0. The van der Waals surface area contributed by atoms with E-state index < -0.39 is 0 Å². The van der Waals surface area contributed by atoms with Gasteiger partial charge in [0.25, 0.3) is 0 Å². The van der Waals surface area contributed by atoms with Gasteiger partial charge in [-0.15, -0.1) is 0 Å². The number of likely N-dealkylation sites (N-methyl/N-ethyl adjacent to an activating group) is 1. The first-order valence-corrected chi connectivity index (χ1v) is 7.31. The maximum atomic E-state index is 12.1. The van der Waals surface area contributed by atoms with Crippen LogP contribution >= 0.6 is 0 Å². The van der Waals surface area contributed by atoms with Gasteiger partial charge in [-0.3, -0.25) is 0 Å². The molecule has 0 aromatic carbocycles. The first-order chi connectivity index (χ1) is 8.95. The first kappa shape index (κ1) is 14.6. The fourth-order valence-corrected chi connectivity index (χ4v) is 2.80. The molecule has 2 fully saturated rings. The van der Waals surface area contributed by atoms with Gasteiger partial charge in [-0.25, -0.2) is 4.79 Å². The maximum Gasteiger partial charge on any atom is 0.317 e. The quantitative estimate of drug-likeness (QED) is 0.810. The van der Waals surface area contributed by atoms with E-state index in [1.165, 1.54) is 0 Å². The predicted molar refractivity (Wildman–Crippen MR) is 72.9 cm³/mol. The van der Waals surface area contributed by atoms with Crippen LogP contribution in [0.25, 0.3) is 0 Å². The van der Waals surface area contributed by atoms with Crippen LogP contribution in [0.3, 0.4) is 0 Å². The van der Waals surface area contributed by atoms with Crippen molar-refractivity contribution in [2.45, 2.75) is 63.9 Å². The topological polar surface area (TPSA) is 61.8 Å². The zero-order chi connectivity index (χ0) is 14.0. The van der Waals surface area contributed by atoms with Gasteiger partial charge in [0.05, 0.1) is 18.3 Å². The lowest BCUT2D eigenvalue weighted by Crippen LogP contribution is -2.49. The Labute approximate surface area is 115 Å². The zero-order valence-corrected chi connectivity index (χ0v) is 12.1. The summed E-state index contributed by atoms with van der Waals surface area (Å²) in [5.74, 6) is 0.401. The number of ether oxygens (including phenoxy) is 1. The summed E-state index contributed by atoms with van der Waals surface area (Å²) in [7, 11) is 1.74. The molecule has 1 saturated heterocycles.